The minimum atomic E-state index is -2.10. The molecule has 2 aromatic carbocycles. The summed E-state index contributed by atoms with van der Waals surface area (Å²) in [5.41, 5.74) is 16.7. The molecule has 2 rings (SSSR count). The summed E-state index contributed by atoms with van der Waals surface area (Å²) in [7, 11) is -4.20. The molecule has 0 atom stereocenters. The molecule has 254 valence electrons. The Bertz CT molecular complexity index is 1140. The van der Waals surface area contributed by atoms with E-state index in [2.05, 4.69) is 115 Å². The van der Waals surface area contributed by atoms with Gasteiger partial charge in [-0.1, -0.05) is 167 Å². The quantitative estimate of drug-likeness (QED) is 0.0714. The molecule has 0 aliphatic heterocycles. The fraction of sp³-hybridized carbons (Fsp3) is 0.636. The first-order chi connectivity index (χ1) is 22.3. The van der Waals surface area contributed by atoms with Crippen LogP contribution in [0, 0.1) is 50.6 Å². The Morgan fingerprint density at radius 2 is 0.717 bits per heavy atom. The third-order valence-corrected chi connectivity index (χ3v) is 27.5. The van der Waals surface area contributed by atoms with Gasteiger partial charge in [0.05, 0.1) is 0 Å². The molecule has 0 bridgehead atoms. The van der Waals surface area contributed by atoms with Gasteiger partial charge in [0.2, 0.25) is 0 Å². The molecule has 0 heterocycles. The van der Waals surface area contributed by atoms with Crippen LogP contribution < -0.4 is 0 Å². The fourth-order valence-electron chi connectivity index (χ4n) is 7.23. The van der Waals surface area contributed by atoms with Crippen LogP contribution in [0.5, 0.6) is 0 Å². The van der Waals surface area contributed by atoms with Crippen LogP contribution in [0.3, 0.4) is 0 Å². The predicted octanol–water partition coefficient (Wildman–Crippen LogP) is 13.7. The second-order valence-electron chi connectivity index (χ2n) is 14.5. The number of hydrogen-bond acceptors (Lipinski definition) is 0. The van der Waals surface area contributed by atoms with E-state index in [4.69, 9.17) is 0 Å². The van der Waals surface area contributed by atoms with Crippen molar-refractivity contribution in [3.8, 4) is 22.9 Å². The Hall–Kier alpha value is -2.01. The van der Waals surface area contributed by atoms with Crippen LogP contribution in [0.15, 0.2) is 36.4 Å². The monoisotopic (exact) mass is 655 g/mol. The van der Waals surface area contributed by atoms with Crippen LogP contribution in [-0.2, 0) is 0 Å². The first-order valence-electron chi connectivity index (χ1n) is 19.5. The van der Waals surface area contributed by atoms with E-state index in [1.165, 1.54) is 160 Å². The first-order valence-corrected chi connectivity index (χ1v) is 25.3. The van der Waals surface area contributed by atoms with E-state index in [1.54, 1.807) is 0 Å². The molecule has 0 saturated carbocycles. The van der Waals surface area contributed by atoms with Gasteiger partial charge in [0.25, 0.3) is 0 Å². The maximum Gasteiger partial charge on any atom is 0.145 e. The van der Waals surface area contributed by atoms with Crippen LogP contribution >= 0.6 is 0 Å². The summed E-state index contributed by atoms with van der Waals surface area (Å²) in [5.74, 6) is 7.96. The van der Waals surface area contributed by atoms with E-state index < -0.39 is 15.2 Å². The van der Waals surface area contributed by atoms with E-state index in [1.807, 2.05) is 0 Å². The second-order valence-corrected chi connectivity index (χ2v) is 27.1. The average Bonchev–Trinajstić information content (AvgIpc) is 3.05. The molecule has 0 radical (unpaired) electrons. The molecule has 0 amide bonds. The standard InChI is InChI=1S/C44H70Si2/c1-9-13-17-21-31-45(32-22-18-14-10-2,35-29-43-37-39(5)25-27-41(43)7)46(33-23-19-15-11-3,34-24-20-16-12-4)36-30-44-38-40(6)26-28-42(44)8/h25-28,37-38H,9-24,31-34H2,1-8H3. The van der Waals surface area contributed by atoms with Crippen molar-refractivity contribution in [2.24, 2.45) is 0 Å². The molecule has 0 unspecified atom stereocenters. The maximum atomic E-state index is 4.40. The maximum absolute atomic E-state index is 4.40. The molecular formula is C44H70Si2. The Balaban J connectivity index is 2.90. The summed E-state index contributed by atoms with van der Waals surface area (Å²) in [5, 5.41) is 0. The predicted molar refractivity (Wildman–Crippen MR) is 213 cm³/mol. The van der Waals surface area contributed by atoms with Gasteiger partial charge in [0, 0.05) is 11.1 Å². The molecule has 0 nitrogen and oxygen atoms in total. The molecule has 0 N–H and O–H groups in total. The molecule has 2 aromatic rings. The molecule has 0 saturated heterocycles. The van der Waals surface area contributed by atoms with Crippen LogP contribution in [0.2, 0.25) is 24.2 Å². The van der Waals surface area contributed by atoms with Crippen LogP contribution in [0.25, 0.3) is 0 Å². The normalized spacial score (nSPS) is 11.6. The Kier molecular flexibility index (Phi) is 19.7. The third-order valence-electron chi connectivity index (χ3n) is 10.4. The SMILES string of the molecule is CCCCCC[Si](C#Cc1cc(C)ccc1C)(CCCCCC)[Si](C#Cc1cc(C)ccc1C)(CCCCCC)CCCCCC. The summed E-state index contributed by atoms with van der Waals surface area (Å²) in [6, 6.07) is 19.2. The molecule has 0 spiro atoms. The van der Waals surface area contributed by atoms with E-state index >= 15 is 0 Å². The highest BCUT2D eigenvalue weighted by Gasteiger charge is 2.52. The number of aryl methyl sites for hydroxylation is 4. The van der Waals surface area contributed by atoms with Gasteiger partial charge >= 0.3 is 0 Å². The van der Waals surface area contributed by atoms with Gasteiger partial charge in [-0.2, -0.15) is 0 Å². The van der Waals surface area contributed by atoms with E-state index in [0.717, 1.165) is 0 Å². The topological polar surface area (TPSA) is 0 Å². The summed E-state index contributed by atoms with van der Waals surface area (Å²) in [6.45, 7) is 18.4. The first kappa shape index (κ1) is 40.2. The molecule has 46 heavy (non-hydrogen) atoms. The smallest absolute Gasteiger partial charge is 0.128 e. The summed E-state index contributed by atoms with van der Waals surface area (Å²) in [6.07, 6.45) is 21.4. The van der Waals surface area contributed by atoms with Crippen molar-refractivity contribution in [1.29, 1.82) is 0 Å². The van der Waals surface area contributed by atoms with Crippen LogP contribution in [0.4, 0.5) is 0 Å². The van der Waals surface area contributed by atoms with Crippen molar-refractivity contribution < 1.29 is 0 Å². The van der Waals surface area contributed by atoms with Crippen molar-refractivity contribution in [3.05, 3.63) is 69.8 Å². The van der Waals surface area contributed by atoms with Crippen LogP contribution in [0.1, 0.15) is 164 Å². The van der Waals surface area contributed by atoms with E-state index in [9.17, 15) is 0 Å². The zero-order valence-corrected chi connectivity index (χ0v) is 33.6. The lowest BCUT2D eigenvalue weighted by molar-refractivity contribution is 0.678. The van der Waals surface area contributed by atoms with Gasteiger partial charge in [-0.25, -0.2) is 0 Å². The number of hydrogen-bond donors (Lipinski definition) is 0. The highest BCUT2D eigenvalue weighted by atomic mass is 29.3. The van der Waals surface area contributed by atoms with Crippen molar-refractivity contribution in [3.63, 3.8) is 0 Å². The average molecular weight is 655 g/mol. The summed E-state index contributed by atoms with van der Waals surface area (Å²) in [4.78, 5) is 0. The zero-order valence-electron chi connectivity index (χ0n) is 31.6. The molecule has 0 fully saturated rings. The van der Waals surface area contributed by atoms with Gasteiger partial charge in [-0.15, -0.1) is 11.1 Å². The van der Waals surface area contributed by atoms with Gasteiger partial charge in [0.15, 0.2) is 0 Å². The number of benzene rings is 2. The largest absolute Gasteiger partial charge is 0.145 e. The van der Waals surface area contributed by atoms with Gasteiger partial charge in [-0.3, -0.25) is 0 Å². The van der Waals surface area contributed by atoms with Crippen molar-refractivity contribution in [2.45, 2.75) is 182 Å². The Morgan fingerprint density at radius 1 is 0.413 bits per heavy atom. The lowest BCUT2D eigenvalue weighted by Crippen LogP contribution is -2.62. The molecule has 0 aliphatic carbocycles. The second kappa shape index (κ2) is 22.5. The minimum absolute atomic E-state index is 1.27. The van der Waals surface area contributed by atoms with Crippen molar-refractivity contribution in [1.82, 2.24) is 0 Å². The lowest BCUT2D eigenvalue weighted by atomic mass is 10.1. The Morgan fingerprint density at radius 3 is 1.00 bits per heavy atom. The van der Waals surface area contributed by atoms with Crippen molar-refractivity contribution in [2.75, 3.05) is 0 Å². The Labute approximate surface area is 289 Å². The highest BCUT2D eigenvalue weighted by Crippen LogP contribution is 2.39. The molecule has 0 aliphatic rings. The molecular weight excluding hydrogens is 585 g/mol. The molecule has 2 heteroatoms. The number of unbranched alkanes of at least 4 members (excludes halogenated alkanes) is 12. The van der Waals surface area contributed by atoms with Gasteiger partial charge in [-0.05, 0) is 86.3 Å². The minimum Gasteiger partial charge on any atom is -0.128 e. The number of rotatable bonds is 21. The summed E-state index contributed by atoms with van der Waals surface area (Å²) < 4.78 is 0. The third kappa shape index (κ3) is 13.2. The summed E-state index contributed by atoms with van der Waals surface area (Å²) >= 11 is 0. The molecule has 0 aromatic heterocycles. The van der Waals surface area contributed by atoms with Crippen LogP contribution in [-0.4, -0.2) is 15.2 Å². The van der Waals surface area contributed by atoms with Gasteiger partial charge < -0.3 is 0 Å². The fourth-order valence-corrected chi connectivity index (χ4v) is 24.5. The van der Waals surface area contributed by atoms with E-state index in [0.29, 0.717) is 0 Å². The van der Waals surface area contributed by atoms with Gasteiger partial charge in [0.1, 0.15) is 15.2 Å². The zero-order chi connectivity index (χ0) is 33.7. The lowest BCUT2D eigenvalue weighted by Gasteiger charge is -2.42. The van der Waals surface area contributed by atoms with E-state index in [-0.39, 0.29) is 0 Å². The van der Waals surface area contributed by atoms with Crippen molar-refractivity contribution >= 4 is 15.2 Å². The highest BCUT2D eigenvalue weighted by molar-refractivity contribution is 7.48.